The van der Waals surface area contributed by atoms with Crippen LogP contribution >= 0.6 is 0 Å². The van der Waals surface area contributed by atoms with Crippen LogP contribution in [0.25, 0.3) is 0 Å². The van der Waals surface area contributed by atoms with Crippen LogP contribution in [-0.4, -0.2) is 11.8 Å². The number of carbonyl (C=O) groups excluding carboxylic acids is 2. The number of hydrogen-bond donors (Lipinski definition) is 1. The second-order valence-electron chi connectivity index (χ2n) is 4.89. The van der Waals surface area contributed by atoms with Gasteiger partial charge < -0.3 is 0 Å². The smallest absolute Gasteiger partial charge is 0.227 e. The standard InChI is InChI=1S/C14H17NO2/c1-8-4-9(2)14(10(3)5-8)11-6-12(16)15-13(17)7-11/h4-5,11H,6-7H2,1-3H3,(H,15,16,17). The molecule has 1 aromatic rings. The van der Waals surface area contributed by atoms with Crippen LogP contribution in [0.5, 0.6) is 0 Å². The summed E-state index contributed by atoms with van der Waals surface area (Å²) in [6.07, 6.45) is 0.826. The van der Waals surface area contributed by atoms with Gasteiger partial charge in [0.25, 0.3) is 0 Å². The fourth-order valence-corrected chi connectivity index (χ4v) is 2.82. The van der Waals surface area contributed by atoms with E-state index in [2.05, 4.69) is 24.4 Å². The van der Waals surface area contributed by atoms with Gasteiger partial charge in [0.2, 0.25) is 11.8 Å². The molecule has 0 spiro atoms. The summed E-state index contributed by atoms with van der Waals surface area (Å²) in [7, 11) is 0. The number of aryl methyl sites for hydroxylation is 3. The molecule has 0 atom stereocenters. The van der Waals surface area contributed by atoms with Crippen molar-refractivity contribution >= 4 is 11.8 Å². The van der Waals surface area contributed by atoms with Crippen LogP contribution < -0.4 is 5.32 Å². The predicted molar refractivity (Wildman–Crippen MR) is 65.8 cm³/mol. The molecular weight excluding hydrogens is 214 g/mol. The van der Waals surface area contributed by atoms with Crippen LogP contribution in [0.3, 0.4) is 0 Å². The van der Waals surface area contributed by atoms with E-state index in [0.717, 1.165) is 0 Å². The zero-order valence-corrected chi connectivity index (χ0v) is 10.5. The summed E-state index contributed by atoms with van der Waals surface area (Å²) in [6, 6.07) is 4.22. The monoisotopic (exact) mass is 231 g/mol. The van der Waals surface area contributed by atoms with Crippen molar-refractivity contribution in [2.24, 2.45) is 0 Å². The van der Waals surface area contributed by atoms with Gasteiger partial charge in [-0.05, 0) is 37.5 Å². The Bertz CT molecular complexity index is 452. The van der Waals surface area contributed by atoms with Gasteiger partial charge in [0.05, 0.1) is 0 Å². The number of nitrogens with one attached hydrogen (secondary N) is 1. The van der Waals surface area contributed by atoms with Crippen LogP contribution in [0.15, 0.2) is 12.1 Å². The normalized spacial score (nSPS) is 17.1. The van der Waals surface area contributed by atoms with E-state index in [1.165, 1.54) is 22.3 Å². The molecule has 17 heavy (non-hydrogen) atoms. The maximum atomic E-state index is 11.4. The van der Waals surface area contributed by atoms with Crippen molar-refractivity contribution in [1.29, 1.82) is 0 Å². The topological polar surface area (TPSA) is 46.2 Å². The molecular formula is C14H17NO2. The molecule has 1 saturated heterocycles. The molecule has 3 heteroatoms. The van der Waals surface area contributed by atoms with E-state index in [1.807, 2.05) is 13.8 Å². The Kier molecular flexibility index (Phi) is 3.01. The van der Waals surface area contributed by atoms with Gasteiger partial charge in [-0.1, -0.05) is 17.7 Å². The number of benzene rings is 1. The largest absolute Gasteiger partial charge is 0.296 e. The van der Waals surface area contributed by atoms with Crippen molar-refractivity contribution < 1.29 is 9.59 Å². The first-order chi connectivity index (χ1) is 7.97. The van der Waals surface area contributed by atoms with E-state index in [4.69, 9.17) is 0 Å². The van der Waals surface area contributed by atoms with E-state index in [9.17, 15) is 9.59 Å². The minimum atomic E-state index is -0.161. The molecule has 1 N–H and O–H groups in total. The average Bonchev–Trinajstić information content (AvgIpc) is 2.13. The highest BCUT2D eigenvalue weighted by Gasteiger charge is 2.28. The van der Waals surface area contributed by atoms with Gasteiger partial charge >= 0.3 is 0 Å². The lowest BCUT2D eigenvalue weighted by atomic mass is 9.83. The Balaban J connectivity index is 2.40. The number of imide groups is 1. The minimum absolute atomic E-state index is 0.0387. The van der Waals surface area contributed by atoms with Crippen LogP contribution in [0.4, 0.5) is 0 Å². The fourth-order valence-electron chi connectivity index (χ4n) is 2.82. The van der Waals surface area contributed by atoms with Crippen molar-refractivity contribution in [2.45, 2.75) is 39.5 Å². The van der Waals surface area contributed by atoms with Gasteiger partial charge in [-0.3, -0.25) is 14.9 Å². The summed E-state index contributed by atoms with van der Waals surface area (Å²) in [6.45, 7) is 6.15. The molecule has 1 aliphatic heterocycles. The molecule has 3 nitrogen and oxygen atoms in total. The number of carbonyl (C=O) groups is 2. The quantitative estimate of drug-likeness (QED) is 0.753. The molecule has 2 rings (SSSR count). The third kappa shape index (κ3) is 2.38. The number of hydrogen-bond acceptors (Lipinski definition) is 2. The highest BCUT2D eigenvalue weighted by Crippen LogP contribution is 2.31. The molecule has 0 saturated carbocycles. The molecule has 0 unspecified atom stereocenters. The Hall–Kier alpha value is -1.64. The third-order valence-electron chi connectivity index (χ3n) is 3.29. The molecule has 0 bridgehead atoms. The van der Waals surface area contributed by atoms with Crippen molar-refractivity contribution in [3.63, 3.8) is 0 Å². The SMILES string of the molecule is Cc1cc(C)c(C2CC(=O)NC(=O)C2)c(C)c1. The summed E-state index contributed by atoms with van der Waals surface area (Å²) in [5, 5.41) is 2.35. The lowest BCUT2D eigenvalue weighted by Crippen LogP contribution is -2.38. The molecule has 1 aliphatic rings. The van der Waals surface area contributed by atoms with Gasteiger partial charge in [0.15, 0.2) is 0 Å². The molecule has 1 aromatic carbocycles. The van der Waals surface area contributed by atoms with E-state index in [1.54, 1.807) is 0 Å². The van der Waals surface area contributed by atoms with Gasteiger partial charge in [0, 0.05) is 18.8 Å². The highest BCUT2D eigenvalue weighted by molar-refractivity contribution is 5.98. The summed E-state index contributed by atoms with van der Waals surface area (Å²) in [5.74, 6) is -0.284. The zero-order valence-electron chi connectivity index (χ0n) is 10.5. The van der Waals surface area contributed by atoms with E-state index < -0.39 is 0 Å². The van der Waals surface area contributed by atoms with Gasteiger partial charge in [-0.15, -0.1) is 0 Å². The van der Waals surface area contributed by atoms with E-state index in [-0.39, 0.29) is 17.7 Å². The van der Waals surface area contributed by atoms with Crippen LogP contribution in [0.1, 0.15) is 41.0 Å². The molecule has 0 aliphatic carbocycles. The second-order valence-corrected chi connectivity index (χ2v) is 4.89. The van der Waals surface area contributed by atoms with Crippen molar-refractivity contribution in [1.82, 2.24) is 5.32 Å². The third-order valence-corrected chi connectivity index (χ3v) is 3.29. The van der Waals surface area contributed by atoms with Crippen LogP contribution in [0, 0.1) is 20.8 Å². The number of piperidine rings is 1. The summed E-state index contributed by atoms with van der Waals surface area (Å²) >= 11 is 0. The maximum Gasteiger partial charge on any atom is 0.227 e. The molecule has 2 amide bonds. The molecule has 0 radical (unpaired) electrons. The summed E-state index contributed by atoms with van der Waals surface area (Å²) in [4.78, 5) is 22.8. The molecule has 1 heterocycles. The van der Waals surface area contributed by atoms with E-state index >= 15 is 0 Å². The van der Waals surface area contributed by atoms with Gasteiger partial charge in [-0.2, -0.15) is 0 Å². The molecule has 1 fully saturated rings. The Morgan fingerprint density at radius 2 is 1.47 bits per heavy atom. The number of amides is 2. The Morgan fingerprint density at radius 3 is 1.94 bits per heavy atom. The van der Waals surface area contributed by atoms with Gasteiger partial charge in [-0.25, -0.2) is 0 Å². The summed E-state index contributed by atoms with van der Waals surface area (Å²) in [5.41, 5.74) is 4.74. The fraction of sp³-hybridized carbons (Fsp3) is 0.429. The average molecular weight is 231 g/mol. The zero-order chi connectivity index (χ0) is 12.6. The molecule has 90 valence electrons. The highest BCUT2D eigenvalue weighted by atomic mass is 16.2. The van der Waals surface area contributed by atoms with Crippen molar-refractivity contribution in [2.75, 3.05) is 0 Å². The number of rotatable bonds is 1. The van der Waals surface area contributed by atoms with Gasteiger partial charge in [0.1, 0.15) is 0 Å². The maximum absolute atomic E-state index is 11.4. The van der Waals surface area contributed by atoms with Crippen LogP contribution in [-0.2, 0) is 9.59 Å². The first kappa shape index (κ1) is 11.8. The Morgan fingerprint density at radius 1 is 1.00 bits per heavy atom. The van der Waals surface area contributed by atoms with Crippen molar-refractivity contribution in [3.05, 3.63) is 34.4 Å². The van der Waals surface area contributed by atoms with Crippen molar-refractivity contribution in [3.8, 4) is 0 Å². The second kappa shape index (κ2) is 4.32. The first-order valence-electron chi connectivity index (χ1n) is 5.88. The Labute approximate surface area is 101 Å². The lowest BCUT2D eigenvalue weighted by Gasteiger charge is -2.24. The molecule has 0 aromatic heterocycles. The van der Waals surface area contributed by atoms with E-state index in [0.29, 0.717) is 12.8 Å². The minimum Gasteiger partial charge on any atom is -0.296 e. The first-order valence-corrected chi connectivity index (χ1v) is 5.88. The predicted octanol–water partition coefficient (Wildman–Crippen LogP) is 2.13. The lowest BCUT2D eigenvalue weighted by molar-refractivity contribution is -0.133. The summed E-state index contributed by atoms with van der Waals surface area (Å²) < 4.78 is 0. The van der Waals surface area contributed by atoms with Crippen LogP contribution in [0.2, 0.25) is 0 Å².